The molecule has 2 fully saturated rings. The molecule has 2 heteroatoms. The molecule has 0 radical (unpaired) electrons. The summed E-state index contributed by atoms with van der Waals surface area (Å²) in [5, 5.41) is 9.20. The smallest absolute Gasteiger partial charge is 0.331 e. The number of hydrogen-bond acceptors (Lipinski definition) is 1. The summed E-state index contributed by atoms with van der Waals surface area (Å²) in [7, 11) is 0. The Bertz CT molecular complexity index is 409. The molecular formula is C16H24O2. The first-order valence-electron chi connectivity index (χ1n) is 6.89. The lowest BCUT2D eigenvalue weighted by Crippen LogP contribution is -2.43. The first kappa shape index (κ1) is 13.4. The van der Waals surface area contributed by atoms with Gasteiger partial charge in [-0.15, -0.1) is 0 Å². The zero-order chi connectivity index (χ0) is 13.6. The predicted molar refractivity (Wildman–Crippen MR) is 73.3 cm³/mol. The highest BCUT2D eigenvalue weighted by molar-refractivity contribution is 5.87. The molecule has 0 saturated heterocycles. The van der Waals surface area contributed by atoms with Crippen molar-refractivity contribution in [1.29, 1.82) is 0 Å². The molecule has 3 unspecified atom stereocenters. The van der Waals surface area contributed by atoms with Gasteiger partial charge in [0, 0.05) is 5.57 Å². The number of hydrogen-bond donors (Lipinski definition) is 1. The Hall–Kier alpha value is -1.05. The average Bonchev–Trinajstić information content (AvgIpc) is 2.30. The molecule has 3 atom stereocenters. The molecule has 0 spiro atoms. The Balaban J connectivity index is 2.25. The molecule has 0 heterocycles. The van der Waals surface area contributed by atoms with Gasteiger partial charge in [-0.05, 0) is 55.3 Å². The molecule has 2 saturated carbocycles. The van der Waals surface area contributed by atoms with Gasteiger partial charge >= 0.3 is 5.97 Å². The normalized spacial score (nSPS) is 40.1. The van der Waals surface area contributed by atoms with Crippen LogP contribution in [0.4, 0.5) is 0 Å². The van der Waals surface area contributed by atoms with Crippen molar-refractivity contribution in [3.05, 3.63) is 24.3 Å². The minimum Gasteiger partial charge on any atom is -0.478 e. The van der Waals surface area contributed by atoms with E-state index in [1.165, 1.54) is 18.4 Å². The van der Waals surface area contributed by atoms with Gasteiger partial charge in [-0.2, -0.15) is 0 Å². The van der Waals surface area contributed by atoms with Crippen molar-refractivity contribution in [3.63, 3.8) is 0 Å². The number of allylic oxidation sites excluding steroid dienone is 1. The van der Waals surface area contributed by atoms with Crippen LogP contribution in [0.2, 0.25) is 0 Å². The second-order valence-electron chi connectivity index (χ2n) is 6.77. The van der Waals surface area contributed by atoms with E-state index in [4.69, 9.17) is 0 Å². The molecular weight excluding hydrogens is 224 g/mol. The predicted octanol–water partition coefficient (Wildman–Crippen LogP) is 4.18. The minimum absolute atomic E-state index is 0.254. The number of carboxylic acid groups (broad SMARTS) is 1. The van der Waals surface area contributed by atoms with Crippen LogP contribution in [0.25, 0.3) is 0 Å². The van der Waals surface area contributed by atoms with E-state index in [1.54, 1.807) is 0 Å². The molecule has 0 aromatic heterocycles. The summed E-state index contributed by atoms with van der Waals surface area (Å²) in [6.45, 7) is 12.5. The Labute approximate surface area is 110 Å². The molecule has 0 aromatic carbocycles. The maximum atomic E-state index is 11.2. The van der Waals surface area contributed by atoms with Gasteiger partial charge in [0.05, 0.1) is 0 Å². The van der Waals surface area contributed by atoms with Crippen LogP contribution in [0.3, 0.4) is 0 Å². The summed E-state index contributed by atoms with van der Waals surface area (Å²) < 4.78 is 0. The highest BCUT2D eigenvalue weighted by Gasteiger charge is 2.48. The van der Waals surface area contributed by atoms with Gasteiger partial charge in [-0.1, -0.05) is 32.6 Å². The molecule has 100 valence electrons. The highest BCUT2D eigenvalue weighted by Crippen LogP contribution is 2.58. The largest absolute Gasteiger partial charge is 0.478 e. The molecule has 1 N–H and O–H groups in total. The highest BCUT2D eigenvalue weighted by atomic mass is 16.4. The van der Waals surface area contributed by atoms with Crippen molar-refractivity contribution < 1.29 is 9.90 Å². The van der Waals surface area contributed by atoms with Crippen molar-refractivity contribution in [2.45, 2.75) is 52.4 Å². The first-order valence-corrected chi connectivity index (χ1v) is 6.89. The number of rotatable bonds is 2. The first-order chi connectivity index (χ1) is 8.28. The fourth-order valence-corrected chi connectivity index (χ4v) is 3.90. The third-order valence-corrected chi connectivity index (χ3v) is 5.47. The second-order valence-corrected chi connectivity index (χ2v) is 6.77. The minimum atomic E-state index is -0.845. The summed E-state index contributed by atoms with van der Waals surface area (Å²) in [5.74, 6) is -0.372. The second kappa shape index (κ2) is 4.25. The maximum absolute atomic E-state index is 11.2. The number of fused-ring (bicyclic) bond motifs is 1. The lowest BCUT2D eigenvalue weighted by molar-refractivity contribution is -0.134. The number of carboxylic acids is 1. The molecule has 18 heavy (non-hydrogen) atoms. The molecule has 0 bridgehead atoms. The van der Waals surface area contributed by atoms with Crippen LogP contribution in [0.5, 0.6) is 0 Å². The van der Waals surface area contributed by atoms with Gasteiger partial charge in [0.2, 0.25) is 0 Å². The topological polar surface area (TPSA) is 37.3 Å². The van der Waals surface area contributed by atoms with E-state index in [2.05, 4.69) is 27.0 Å². The van der Waals surface area contributed by atoms with Crippen LogP contribution >= 0.6 is 0 Å². The molecule has 0 aromatic rings. The lowest BCUT2D eigenvalue weighted by Gasteiger charge is -2.52. The van der Waals surface area contributed by atoms with Crippen LogP contribution in [-0.2, 0) is 4.79 Å². The van der Waals surface area contributed by atoms with E-state index >= 15 is 0 Å². The Morgan fingerprint density at radius 3 is 2.61 bits per heavy atom. The van der Waals surface area contributed by atoms with Gasteiger partial charge in [-0.3, -0.25) is 0 Å². The van der Waals surface area contributed by atoms with Crippen LogP contribution < -0.4 is 0 Å². The summed E-state index contributed by atoms with van der Waals surface area (Å²) in [6.07, 6.45) is 6.55. The average molecular weight is 248 g/mol. The third-order valence-electron chi connectivity index (χ3n) is 5.47. The molecule has 2 aliphatic rings. The molecule has 2 rings (SSSR count). The zero-order valence-electron chi connectivity index (χ0n) is 11.6. The van der Waals surface area contributed by atoms with Gasteiger partial charge in [-0.25, -0.2) is 4.79 Å². The maximum Gasteiger partial charge on any atom is 0.331 e. The quantitative estimate of drug-likeness (QED) is 0.588. The van der Waals surface area contributed by atoms with Crippen molar-refractivity contribution in [2.24, 2.45) is 16.7 Å². The van der Waals surface area contributed by atoms with E-state index < -0.39 is 5.97 Å². The Morgan fingerprint density at radius 1 is 1.33 bits per heavy atom. The van der Waals surface area contributed by atoms with E-state index in [0.29, 0.717) is 16.9 Å². The van der Waals surface area contributed by atoms with Crippen LogP contribution in [-0.4, -0.2) is 11.1 Å². The van der Waals surface area contributed by atoms with Crippen LogP contribution in [0.1, 0.15) is 52.4 Å². The Morgan fingerprint density at radius 2 is 2.00 bits per heavy atom. The van der Waals surface area contributed by atoms with E-state index in [-0.39, 0.29) is 5.41 Å². The molecule has 0 amide bonds. The summed E-state index contributed by atoms with van der Waals surface area (Å²) in [6, 6.07) is 0. The standard InChI is InChI=1S/C16H24O2/c1-11-6-5-7-15(3)8-9-16(4,10-13(11)15)12(2)14(17)18/h13H,1-2,5-10H2,3-4H3,(H,17,18). The third kappa shape index (κ3) is 2.02. The zero-order valence-corrected chi connectivity index (χ0v) is 11.6. The lowest BCUT2D eigenvalue weighted by atomic mass is 9.52. The van der Waals surface area contributed by atoms with E-state index in [1.807, 2.05) is 0 Å². The fourth-order valence-electron chi connectivity index (χ4n) is 3.90. The van der Waals surface area contributed by atoms with E-state index in [0.717, 1.165) is 25.7 Å². The monoisotopic (exact) mass is 248 g/mol. The van der Waals surface area contributed by atoms with Crippen LogP contribution in [0, 0.1) is 16.7 Å². The van der Waals surface area contributed by atoms with Gasteiger partial charge in [0.1, 0.15) is 0 Å². The van der Waals surface area contributed by atoms with Crippen molar-refractivity contribution in [2.75, 3.05) is 0 Å². The summed E-state index contributed by atoms with van der Waals surface area (Å²) >= 11 is 0. The number of aliphatic carboxylic acids is 1. The van der Waals surface area contributed by atoms with Crippen molar-refractivity contribution in [1.82, 2.24) is 0 Å². The van der Waals surface area contributed by atoms with Crippen molar-refractivity contribution >= 4 is 5.97 Å². The Kier molecular flexibility index (Phi) is 3.16. The number of carbonyl (C=O) groups is 1. The summed E-state index contributed by atoms with van der Waals surface area (Å²) in [5.41, 5.74) is 1.79. The van der Waals surface area contributed by atoms with E-state index in [9.17, 15) is 9.90 Å². The van der Waals surface area contributed by atoms with Crippen LogP contribution in [0.15, 0.2) is 24.3 Å². The fraction of sp³-hybridized carbons (Fsp3) is 0.688. The van der Waals surface area contributed by atoms with Crippen molar-refractivity contribution in [3.8, 4) is 0 Å². The molecule has 0 aliphatic heterocycles. The SMILES string of the molecule is C=C1CCCC2(C)CCC(C)(C(=C)C(=O)O)CC12. The molecule has 2 nitrogen and oxygen atoms in total. The van der Waals surface area contributed by atoms with Gasteiger partial charge < -0.3 is 5.11 Å². The van der Waals surface area contributed by atoms with Gasteiger partial charge in [0.25, 0.3) is 0 Å². The van der Waals surface area contributed by atoms with Gasteiger partial charge in [0.15, 0.2) is 0 Å². The summed E-state index contributed by atoms with van der Waals surface area (Å²) in [4.78, 5) is 11.2. The molecule has 2 aliphatic carbocycles.